The van der Waals surface area contributed by atoms with Crippen LogP contribution in [0.15, 0.2) is 34.4 Å². The van der Waals surface area contributed by atoms with Crippen molar-refractivity contribution in [3.05, 3.63) is 45.6 Å². The zero-order chi connectivity index (χ0) is 17.8. The minimum absolute atomic E-state index is 0.0217. The number of allylic oxidation sites excluding steroid dienone is 1. The molecule has 3 aromatic rings. The molecule has 2 aromatic heterocycles. The van der Waals surface area contributed by atoms with Gasteiger partial charge < -0.3 is 9.72 Å². The van der Waals surface area contributed by atoms with Gasteiger partial charge in [-0.1, -0.05) is 45.3 Å². The Morgan fingerprint density at radius 3 is 2.84 bits per heavy atom. The lowest BCUT2D eigenvalue weighted by Gasteiger charge is -2.12. The highest BCUT2D eigenvalue weighted by atomic mass is 32.1. The summed E-state index contributed by atoms with van der Waals surface area (Å²) in [6, 6.07) is 5.88. The van der Waals surface area contributed by atoms with E-state index in [9.17, 15) is 4.79 Å². The van der Waals surface area contributed by atoms with E-state index >= 15 is 0 Å². The van der Waals surface area contributed by atoms with Gasteiger partial charge in [-0.15, -0.1) is 11.3 Å². The van der Waals surface area contributed by atoms with Crippen LogP contribution >= 0.6 is 11.3 Å². The highest BCUT2D eigenvalue weighted by Gasteiger charge is 2.13. The van der Waals surface area contributed by atoms with E-state index < -0.39 is 0 Å². The van der Waals surface area contributed by atoms with Crippen LogP contribution in [0.4, 0.5) is 0 Å². The fraction of sp³-hybridized carbons (Fsp3) is 0.381. The maximum absolute atomic E-state index is 12.2. The average molecular weight is 356 g/mol. The van der Waals surface area contributed by atoms with Crippen LogP contribution in [0.3, 0.4) is 0 Å². The molecule has 1 unspecified atom stereocenters. The largest absolute Gasteiger partial charge is 0.496 e. The first-order valence-corrected chi connectivity index (χ1v) is 9.84. The van der Waals surface area contributed by atoms with Crippen molar-refractivity contribution in [2.24, 2.45) is 5.92 Å². The third-order valence-corrected chi connectivity index (χ3v) is 5.76. The quantitative estimate of drug-likeness (QED) is 0.566. The number of rotatable bonds is 7. The lowest BCUT2D eigenvalue weighted by molar-refractivity contribution is 0.414. The van der Waals surface area contributed by atoms with Crippen LogP contribution in [0, 0.1) is 5.92 Å². The van der Waals surface area contributed by atoms with Gasteiger partial charge >= 0.3 is 0 Å². The van der Waals surface area contributed by atoms with E-state index in [4.69, 9.17) is 4.74 Å². The normalized spacial score (nSPS) is 13.1. The number of pyridine rings is 1. The molecule has 25 heavy (non-hydrogen) atoms. The summed E-state index contributed by atoms with van der Waals surface area (Å²) in [5.41, 5.74) is 1.88. The van der Waals surface area contributed by atoms with E-state index in [1.807, 2.05) is 23.6 Å². The molecule has 1 aromatic carbocycles. The highest BCUT2D eigenvalue weighted by molar-refractivity contribution is 7.17. The molecular formula is C21H25NO2S. The SMILES string of the molecule is CCCC(CC)CC=Cc1c(OC)ccc2[nH]c(=O)c3sccc3c12. The number of thiophene rings is 1. The zero-order valence-corrected chi connectivity index (χ0v) is 15.9. The topological polar surface area (TPSA) is 42.1 Å². The molecule has 1 N–H and O–H groups in total. The molecule has 3 rings (SSSR count). The Morgan fingerprint density at radius 1 is 1.28 bits per heavy atom. The van der Waals surface area contributed by atoms with Crippen molar-refractivity contribution < 1.29 is 4.74 Å². The van der Waals surface area contributed by atoms with E-state index in [2.05, 4.69) is 31.0 Å². The smallest absolute Gasteiger partial charge is 0.266 e. The molecule has 0 fully saturated rings. The molecule has 0 saturated heterocycles. The Bertz CT molecular complexity index is 952. The standard InChI is InChI=1S/C21H25NO2S/c1-4-7-14(5-2)8-6-9-15-18(24-3)11-10-17-19(15)16-12-13-25-20(16)21(23)22-17/h6,9-14H,4-5,7-8H2,1-3H3,(H,22,23). The number of H-pyrrole nitrogens is 1. The van der Waals surface area contributed by atoms with Gasteiger partial charge in [-0.05, 0) is 35.9 Å². The minimum atomic E-state index is -0.0217. The molecule has 0 aliphatic carbocycles. The second kappa shape index (κ2) is 7.87. The lowest BCUT2D eigenvalue weighted by Crippen LogP contribution is -2.05. The van der Waals surface area contributed by atoms with Crippen LogP contribution in [0.5, 0.6) is 5.75 Å². The molecule has 1 atom stereocenters. The van der Waals surface area contributed by atoms with Crippen LogP contribution in [-0.4, -0.2) is 12.1 Å². The Hall–Kier alpha value is -2.07. The summed E-state index contributed by atoms with van der Waals surface area (Å²) in [7, 11) is 1.70. The number of aromatic amines is 1. The second-order valence-corrected chi connectivity index (χ2v) is 7.34. The fourth-order valence-electron chi connectivity index (χ4n) is 3.47. The Morgan fingerprint density at radius 2 is 2.12 bits per heavy atom. The molecule has 3 nitrogen and oxygen atoms in total. The number of hydrogen-bond acceptors (Lipinski definition) is 3. The summed E-state index contributed by atoms with van der Waals surface area (Å²) in [5.74, 6) is 1.56. The summed E-state index contributed by atoms with van der Waals surface area (Å²) in [5, 5.41) is 4.04. The summed E-state index contributed by atoms with van der Waals surface area (Å²) in [6.45, 7) is 4.50. The molecule has 0 spiro atoms. The van der Waals surface area contributed by atoms with E-state index in [1.165, 1.54) is 30.6 Å². The first kappa shape index (κ1) is 17.7. The molecule has 132 valence electrons. The maximum Gasteiger partial charge on any atom is 0.266 e. The fourth-order valence-corrected chi connectivity index (χ4v) is 4.27. The molecule has 4 heteroatoms. The molecule has 0 aliphatic rings. The predicted octanol–water partition coefficient (Wildman–Crippen LogP) is 5.98. The van der Waals surface area contributed by atoms with E-state index in [-0.39, 0.29) is 5.56 Å². The van der Waals surface area contributed by atoms with Gasteiger partial charge in [-0.2, -0.15) is 0 Å². The predicted molar refractivity (Wildman–Crippen MR) is 109 cm³/mol. The third-order valence-electron chi connectivity index (χ3n) is 4.84. The molecule has 0 aliphatic heterocycles. The van der Waals surface area contributed by atoms with Gasteiger partial charge in [0.25, 0.3) is 5.56 Å². The summed E-state index contributed by atoms with van der Waals surface area (Å²) < 4.78 is 6.37. The summed E-state index contributed by atoms with van der Waals surface area (Å²) >= 11 is 1.48. The second-order valence-electron chi connectivity index (χ2n) is 6.42. The number of fused-ring (bicyclic) bond motifs is 3. The molecule has 0 radical (unpaired) electrons. The Labute approximate surface area is 152 Å². The van der Waals surface area contributed by atoms with Crippen LogP contribution in [-0.2, 0) is 0 Å². The van der Waals surface area contributed by atoms with E-state index in [0.29, 0.717) is 0 Å². The number of hydrogen-bond donors (Lipinski definition) is 1. The highest BCUT2D eigenvalue weighted by Crippen LogP contribution is 2.34. The van der Waals surface area contributed by atoms with Crippen molar-refractivity contribution in [3.63, 3.8) is 0 Å². The first-order valence-electron chi connectivity index (χ1n) is 8.96. The zero-order valence-electron chi connectivity index (χ0n) is 15.1. The van der Waals surface area contributed by atoms with Crippen molar-refractivity contribution in [1.29, 1.82) is 0 Å². The van der Waals surface area contributed by atoms with Crippen LogP contribution in [0.25, 0.3) is 27.1 Å². The molecule has 0 amide bonds. The number of aromatic nitrogens is 1. The van der Waals surface area contributed by atoms with Gasteiger partial charge in [-0.25, -0.2) is 0 Å². The van der Waals surface area contributed by atoms with Crippen molar-refractivity contribution >= 4 is 38.4 Å². The lowest BCUT2D eigenvalue weighted by atomic mass is 9.96. The van der Waals surface area contributed by atoms with E-state index in [0.717, 1.165) is 44.6 Å². The third kappa shape index (κ3) is 3.49. The monoisotopic (exact) mass is 355 g/mol. The van der Waals surface area contributed by atoms with Crippen molar-refractivity contribution in [2.45, 2.75) is 39.5 Å². The Kier molecular flexibility index (Phi) is 5.59. The minimum Gasteiger partial charge on any atom is -0.496 e. The van der Waals surface area contributed by atoms with Crippen molar-refractivity contribution in [3.8, 4) is 5.75 Å². The average Bonchev–Trinajstić information content (AvgIpc) is 3.11. The molecule has 2 heterocycles. The van der Waals surface area contributed by atoms with Crippen molar-refractivity contribution in [2.75, 3.05) is 7.11 Å². The van der Waals surface area contributed by atoms with Gasteiger partial charge in [-0.3, -0.25) is 4.79 Å². The first-order chi connectivity index (χ1) is 12.2. The maximum atomic E-state index is 12.2. The van der Waals surface area contributed by atoms with Crippen molar-refractivity contribution in [1.82, 2.24) is 4.98 Å². The summed E-state index contributed by atoms with van der Waals surface area (Å²) in [4.78, 5) is 15.2. The summed E-state index contributed by atoms with van der Waals surface area (Å²) in [6.07, 6.45) is 9.17. The van der Waals surface area contributed by atoms with Gasteiger partial charge in [0.15, 0.2) is 0 Å². The molecule has 0 saturated carbocycles. The van der Waals surface area contributed by atoms with Crippen LogP contribution in [0.2, 0.25) is 0 Å². The number of methoxy groups -OCH3 is 1. The van der Waals surface area contributed by atoms with Gasteiger partial charge in [0.05, 0.1) is 7.11 Å². The number of benzene rings is 1. The van der Waals surface area contributed by atoms with Gasteiger partial charge in [0.1, 0.15) is 10.4 Å². The number of nitrogens with one attached hydrogen (secondary N) is 1. The van der Waals surface area contributed by atoms with Crippen LogP contribution < -0.4 is 10.3 Å². The van der Waals surface area contributed by atoms with E-state index in [1.54, 1.807) is 7.11 Å². The molecular weight excluding hydrogens is 330 g/mol. The molecule has 0 bridgehead atoms. The Balaban J connectivity index is 2.12. The van der Waals surface area contributed by atoms with Crippen LogP contribution in [0.1, 0.15) is 45.1 Å². The van der Waals surface area contributed by atoms with Gasteiger partial charge in [0, 0.05) is 21.9 Å². The number of ether oxygens (including phenoxy) is 1. The van der Waals surface area contributed by atoms with Gasteiger partial charge in [0.2, 0.25) is 0 Å².